The Kier molecular flexibility index (Phi) is 5.67. The van der Waals surface area contributed by atoms with E-state index in [0.717, 1.165) is 5.69 Å². The average molecular weight is 302 g/mol. The molecule has 1 heterocycles. The second-order valence-corrected chi connectivity index (χ2v) is 4.36. The molecule has 1 aromatic carbocycles. The molecule has 2 aromatic rings. The minimum atomic E-state index is -0.275. The molecule has 7 nitrogen and oxygen atoms in total. The molecule has 22 heavy (non-hydrogen) atoms. The van der Waals surface area contributed by atoms with Gasteiger partial charge in [0.2, 0.25) is 0 Å². The molecule has 0 spiro atoms. The van der Waals surface area contributed by atoms with E-state index in [1.54, 1.807) is 20.3 Å². The third-order valence-electron chi connectivity index (χ3n) is 2.86. The summed E-state index contributed by atoms with van der Waals surface area (Å²) in [7, 11) is 3.17. The van der Waals surface area contributed by atoms with Gasteiger partial charge in [-0.2, -0.15) is 0 Å². The fourth-order valence-electron chi connectivity index (χ4n) is 1.79. The van der Waals surface area contributed by atoms with Crippen LogP contribution in [0.5, 0.6) is 5.75 Å². The van der Waals surface area contributed by atoms with Gasteiger partial charge in [0.15, 0.2) is 0 Å². The maximum atomic E-state index is 11.9. The lowest BCUT2D eigenvalue weighted by Gasteiger charge is -2.10. The monoisotopic (exact) mass is 302 g/mol. The van der Waals surface area contributed by atoms with E-state index in [1.807, 2.05) is 24.3 Å². The van der Waals surface area contributed by atoms with Gasteiger partial charge in [0.25, 0.3) is 5.91 Å². The van der Waals surface area contributed by atoms with Gasteiger partial charge in [0.05, 0.1) is 19.4 Å². The summed E-state index contributed by atoms with van der Waals surface area (Å²) in [6.07, 6.45) is 1.34. The van der Waals surface area contributed by atoms with Crippen LogP contribution in [0.3, 0.4) is 0 Å². The molecule has 1 aromatic heterocycles. The molecule has 116 valence electrons. The smallest absolute Gasteiger partial charge is 0.270 e. The lowest BCUT2D eigenvalue weighted by Crippen LogP contribution is -2.27. The van der Waals surface area contributed by atoms with Gasteiger partial charge in [-0.15, -0.1) is 0 Å². The maximum Gasteiger partial charge on any atom is 0.270 e. The highest BCUT2D eigenvalue weighted by atomic mass is 16.5. The topological polar surface area (TPSA) is 85.4 Å². The number of methoxy groups -OCH3 is 2. The van der Waals surface area contributed by atoms with E-state index in [1.165, 1.54) is 6.33 Å². The summed E-state index contributed by atoms with van der Waals surface area (Å²) < 4.78 is 10.1. The van der Waals surface area contributed by atoms with Crippen LogP contribution in [0, 0.1) is 0 Å². The zero-order valence-electron chi connectivity index (χ0n) is 12.5. The molecule has 1 amide bonds. The molecular formula is C15H18N4O3. The van der Waals surface area contributed by atoms with Crippen molar-refractivity contribution in [2.75, 3.05) is 32.7 Å². The Bertz CT molecular complexity index is 634. The van der Waals surface area contributed by atoms with E-state index in [-0.39, 0.29) is 11.6 Å². The molecule has 0 radical (unpaired) electrons. The quantitative estimate of drug-likeness (QED) is 0.756. The van der Waals surface area contributed by atoms with E-state index in [9.17, 15) is 4.79 Å². The molecule has 0 aliphatic heterocycles. The van der Waals surface area contributed by atoms with Crippen LogP contribution >= 0.6 is 0 Å². The van der Waals surface area contributed by atoms with Crippen molar-refractivity contribution in [3.8, 4) is 5.75 Å². The number of para-hydroxylation sites is 2. The number of amides is 1. The fraction of sp³-hybridized carbons (Fsp3) is 0.267. The highest BCUT2D eigenvalue weighted by Gasteiger charge is 2.09. The SMILES string of the molecule is COCCNC(=O)c1cc(Nc2ccccc2OC)ncn1. The summed E-state index contributed by atoms with van der Waals surface area (Å²) in [5.41, 5.74) is 1.04. The number of benzene rings is 1. The van der Waals surface area contributed by atoms with Crippen molar-refractivity contribution < 1.29 is 14.3 Å². The zero-order valence-corrected chi connectivity index (χ0v) is 12.5. The average Bonchev–Trinajstić information content (AvgIpc) is 2.56. The predicted octanol–water partition coefficient (Wildman–Crippen LogP) is 1.60. The first-order chi connectivity index (χ1) is 10.7. The number of rotatable bonds is 7. The maximum absolute atomic E-state index is 11.9. The minimum Gasteiger partial charge on any atom is -0.495 e. The summed E-state index contributed by atoms with van der Waals surface area (Å²) in [5.74, 6) is 0.922. The van der Waals surface area contributed by atoms with Crippen LogP contribution < -0.4 is 15.4 Å². The van der Waals surface area contributed by atoms with Crippen LogP contribution in [0.2, 0.25) is 0 Å². The Morgan fingerprint density at radius 1 is 1.23 bits per heavy atom. The summed E-state index contributed by atoms with van der Waals surface area (Å²) in [6, 6.07) is 9.03. The molecular weight excluding hydrogens is 284 g/mol. The summed E-state index contributed by atoms with van der Waals surface area (Å²) in [5, 5.41) is 5.81. The normalized spacial score (nSPS) is 10.1. The van der Waals surface area contributed by atoms with Gasteiger partial charge in [-0.3, -0.25) is 4.79 Å². The Morgan fingerprint density at radius 2 is 2.05 bits per heavy atom. The Balaban J connectivity index is 2.09. The van der Waals surface area contributed by atoms with Gasteiger partial charge in [-0.1, -0.05) is 12.1 Å². The minimum absolute atomic E-state index is 0.275. The van der Waals surface area contributed by atoms with E-state index in [0.29, 0.717) is 24.7 Å². The highest BCUT2D eigenvalue weighted by Crippen LogP contribution is 2.25. The Hall–Kier alpha value is -2.67. The molecule has 0 atom stereocenters. The van der Waals surface area contributed by atoms with Crippen LogP contribution in [0.1, 0.15) is 10.5 Å². The number of carbonyl (C=O) groups is 1. The molecule has 2 rings (SSSR count). The van der Waals surface area contributed by atoms with Crippen molar-refractivity contribution in [1.82, 2.24) is 15.3 Å². The zero-order chi connectivity index (χ0) is 15.8. The van der Waals surface area contributed by atoms with Crippen LogP contribution in [0.4, 0.5) is 11.5 Å². The van der Waals surface area contributed by atoms with Crippen molar-refractivity contribution in [2.45, 2.75) is 0 Å². The largest absolute Gasteiger partial charge is 0.495 e. The van der Waals surface area contributed by atoms with Crippen molar-refractivity contribution in [3.63, 3.8) is 0 Å². The number of carbonyl (C=O) groups excluding carboxylic acids is 1. The molecule has 0 fully saturated rings. The summed E-state index contributed by atoms with van der Waals surface area (Å²) in [6.45, 7) is 0.873. The first kappa shape index (κ1) is 15.7. The van der Waals surface area contributed by atoms with Gasteiger partial charge >= 0.3 is 0 Å². The Labute approximate surface area is 128 Å². The number of nitrogens with zero attached hydrogens (tertiary/aromatic N) is 2. The molecule has 0 aliphatic carbocycles. The molecule has 0 saturated carbocycles. The standard InChI is InChI=1S/C15H18N4O3/c1-21-8-7-16-15(20)12-9-14(18-10-17-12)19-11-5-3-4-6-13(11)22-2/h3-6,9-10H,7-8H2,1-2H3,(H,16,20)(H,17,18,19). The molecule has 0 saturated heterocycles. The van der Waals surface area contributed by atoms with E-state index >= 15 is 0 Å². The van der Waals surface area contributed by atoms with Crippen LogP contribution in [0.25, 0.3) is 0 Å². The second-order valence-electron chi connectivity index (χ2n) is 4.36. The summed E-state index contributed by atoms with van der Waals surface area (Å²) in [4.78, 5) is 20.0. The highest BCUT2D eigenvalue weighted by molar-refractivity contribution is 5.93. The molecule has 7 heteroatoms. The first-order valence-electron chi connectivity index (χ1n) is 6.74. The molecule has 2 N–H and O–H groups in total. The van der Waals surface area contributed by atoms with Crippen molar-refractivity contribution >= 4 is 17.4 Å². The van der Waals surface area contributed by atoms with E-state index < -0.39 is 0 Å². The van der Waals surface area contributed by atoms with Crippen LogP contribution in [0.15, 0.2) is 36.7 Å². The van der Waals surface area contributed by atoms with Crippen molar-refractivity contribution in [2.24, 2.45) is 0 Å². The number of aromatic nitrogens is 2. The van der Waals surface area contributed by atoms with Crippen LogP contribution in [-0.2, 0) is 4.74 Å². The molecule has 0 unspecified atom stereocenters. The fourth-order valence-corrected chi connectivity index (χ4v) is 1.79. The van der Waals surface area contributed by atoms with Crippen molar-refractivity contribution in [3.05, 3.63) is 42.4 Å². The number of hydrogen-bond donors (Lipinski definition) is 2. The predicted molar refractivity (Wildman–Crippen MR) is 82.5 cm³/mol. The van der Waals surface area contributed by atoms with Gasteiger partial charge in [0.1, 0.15) is 23.6 Å². The second kappa shape index (κ2) is 7.94. The third kappa shape index (κ3) is 4.16. The first-order valence-corrected chi connectivity index (χ1v) is 6.74. The van der Waals surface area contributed by atoms with E-state index in [2.05, 4.69) is 20.6 Å². The molecule has 0 aliphatic rings. The van der Waals surface area contributed by atoms with Crippen LogP contribution in [-0.4, -0.2) is 43.2 Å². The van der Waals surface area contributed by atoms with Gasteiger partial charge in [0, 0.05) is 19.7 Å². The van der Waals surface area contributed by atoms with Gasteiger partial charge in [-0.05, 0) is 12.1 Å². The lowest BCUT2D eigenvalue weighted by molar-refractivity contribution is 0.0932. The van der Waals surface area contributed by atoms with Crippen molar-refractivity contribution in [1.29, 1.82) is 0 Å². The van der Waals surface area contributed by atoms with Gasteiger partial charge < -0.3 is 20.1 Å². The van der Waals surface area contributed by atoms with Gasteiger partial charge in [-0.25, -0.2) is 9.97 Å². The Morgan fingerprint density at radius 3 is 2.82 bits per heavy atom. The number of ether oxygens (including phenoxy) is 2. The number of anilines is 2. The number of hydrogen-bond acceptors (Lipinski definition) is 6. The molecule has 0 bridgehead atoms. The van der Waals surface area contributed by atoms with E-state index in [4.69, 9.17) is 9.47 Å². The lowest BCUT2D eigenvalue weighted by atomic mass is 10.3. The number of nitrogens with one attached hydrogen (secondary N) is 2. The summed E-state index contributed by atoms with van der Waals surface area (Å²) >= 11 is 0. The third-order valence-corrected chi connectivity index (χ3v) is 2.86.